The Kier molecular flexibility index (Phi) is 3.55. The van der Waals surface area contributed by atoms with Gasteiger partial charge in [0, 0.05) is 12.0 Å². The van der Waals surface area contributed by atoms with Crippen LogP contribution in [0.5, 0.6) is 0 Å². The number of hydrogen-bond acceptors (Lipinski definition) is 1. The van der Waals surface area contributed by atoms with E-state index in [-0.39, 0.29) is 11.8 Å². The zero-order valence-electron chi connectivity index (χ0n) is 11.7. The predicted octanol–water partition coefficient (Wildman–Crippen LogP) is 3.42. The summed E-state index contributed by atoms with van der Waals surface area (Å²) in [6.45, 7) is 1.99. The summed E-state index contributed by atoms with van der Waals surface area (Å²) in [6.07, 6.45) is 1.87. The second-order valence-corrected chi connectivity index (χ2v) is 5.61. The normalized spacial score (nSPS) is 21.8. The van der Waals surface area contributed by atoms with Gasteiger partial charge in [-0.2, -0.15) is 0 Å². The molecule has 0 unspecified atom stereocenters. The third-order valence-corrected chi connectivity index (χ3v) is 3.98. The molecule has 1 aliphatic rings. The minimum Gasteiger partial charge on any atom is -0.353 e. The van der Waals surface area contributed by atoms with Gasteiger partial charge in [-0.15, -0.1) is 0 Å². The van der Waals surface area contributed by atoms with E-state index in [1.165, 1.54) is 16.7 Å². The van der Waals surface area contributed by atoms with Crippen molar-refractivity contribution in [1.29, 1.82) is 0 Å². The van der Waals surface area contributed by atoms with Gasteiger partial charge in [0.2, 0.25) is 5.91 Å². The molecule has 2 aromatic carbocycles. The van der Waals surface area contributed by atoms with Crippen molar-refractivity contribution in [3.63, 3.8) is 0 Å². The van der Waals surface area contributed by atoms with Crippen LogP contribution in [0.15, 0.2) is 54.6 Å². The average molecular weight is 265 g/mol. The number of amides is 1. The summed E-state index contributed by atoms with van der Waals surface area (Å²) in [5.74, 6) is 0.347. The monoisotopic (exact) mass is 265 g/mol. The molecular weight excluding hydrogens is 246 g/mol. The SMILES string of the molecule is C[C@@H]1C[C@@H](Cc2ccc(-c3ccccc3)cc2)NC1=O. The first-order valence-electron chi connectivity index (χ1n) is 7.17. The maximum absolute atomic E-state index is 11.5. The molecule has 1 amide bonds. The van der Waals surface area contributed by atoms with Crippen LogP contribution in [0, 0.1) is 5.92 Å². The van der Waals surface area contributed by atoms with Gasteiger partial charge >= 0.3 is 0 Å². The summed E-state index contributed by atoms with van der Waals surface area (Å²) >= 11 is 0. The Morgan fingerprint density at radius 1 is 1.00 bits per heavy atom. The molecule has 20 heavy (non-hydrogen) atoms. The third-order valence-electron chi connectivity index (χ3n) is 3.98. The van der Waals surface area contributed by atoms with Gasteiger partial charge in [-0.05, 0) is 29.5 Å². The standard InChI is InChI=1S/C18H19NO/c1-13-11-17(19-18(13)20)12-14-7-9-16(10-8-14)15-5-3-2-4-6-15/h2-10,13,17H,11-12H2,1H3,(H,19,20)/t13-,17+/m1/s1. The van der Waals surface area contributed by atoms with Gasteiger partial charge in [-0.25, -0.2) is 0 Å². The molecule has 1 aliphatic heterocycles. The molecule has 2 heteroatoms. The van der Waals surface area contributed by atoms with Crippen LogP contribution in [0.25, 0.3) is 11.1 Å². The minimum atomic E-state index is 0.156. The second-order valence-electron chi connectivity index (χ2n) is 5.61. The Morgan fingerprint density at radius 2 is 1.65 bits per heavy atom. The molecule has 1 fully saturated rings. The Labute approximate surface area is 119 Å². The van der Waals surface area contributed by atoms with Crippen LogP contribution in [-0.2, 0) is 11.2 Å². The van der Waals surface area contributed by atoms with Crippen LogP contribution < -0.4 is 5.32 Å². The van der Waals surface area contributed by atoms with E-state index in [1.807, 2.05) is 13.0 Å². The van der Waals surface area contributed by atoms with Crippen molar-refractivity contribution in [2.45, 2.75) is 25.8 Å². The Balaban J connectivity index is 1.69. The van der Waals surface area contributed by atoms with Gasteiger partial charge < -0.3 is 5.32 Å². The van der Waals surface area contributed by atoms with E-state index >= 15 is 0 Å². The molecule has 2 atom stereocenters. The van der Waals surface area contributed by atoms with Crippen molar-refractivity contribution in [2.75, 3.05) is 0 Å². The van der Waals surface area contributed by atoms with Crippen molar-refractivity contribution >= 4 is 5.91 Å². The van der Waals surface area contributed by atoms with Crippen molar-refractivity contribution in [1.82, 2.24) is 5.32 Å². The van der Waals surface area contributed by atoms with Crippen molar-refractivity contribution in [3.8, 4) is 11.1 Å². The molecule has 0 saturated carbocycles. The van der Waals surface area contributed by atoms with Crippen molar-refractivity contribution in [3.05, 3.63) is 60.2 Å². The lowest BCUT2D eigenvalue weighted by molar-refractivity contribution is -0.122. The van der Waals surface area contributed by atoms with E-state index in [0.717, 1.165) is 12.8 Å². The molecule has 0 bridgehead atoms. The third kappa shape index (κ3) is 2.74. The molecule has 0 aromatic heterocycles. The second kappa shape index (κ2) is 5.49. The molecule has 1 saturated heterocycles. The number of nitrogens with one attached hydrogen (secondary N) is 1. The van der Waals surface area contributed by atoms with E-state index in [2.05, 4.69) is 53.8 Å². The highest BCUT2D eigenvalue weighted by Crippen LogP contribution is 2.22. The lowest BCUT2D eigenvalue weighted by Gasteiger charge is -2.10. The average Bonchev–Trinajstić information content (AvgIpc) is 2.79. The number of carbonyl (C=O) groups excluding carboxylic acids is 1. The molecule has 102 valence electrons. The summed E-state index contributed by atoms with van der Waals surface area (Å²) in [4.78, 5) is 11.5. The Hall–Kier alpha value is -2.09. The molecule has 0 aliphatic carbocycles. The van der Waals surface area contributed by atoms with Gasteiger partial charge in [0.05, 0.1) is 0 Å². The van der Waals surface area contributed by atoms with E-state index in [0.29, 0.717) is 6.04 Å². The lowest BCUT2D eigenvalue weighted by atomic mass is 9.98. The fraction of sp³-hybridized carbons (Fsp3) is 0.278. The van der Waals surface area contributed by atoms with E-state index in [4.69, 9.17) is 0 Å². The minimum absolute atomic E-state index is 0.156. The first-order chi connectivity index (χ1) is 9.72. The van der Waals surface area contributed by atoms with Crippen LogP contribution in [0.4, 0.5) is 0 Å². The van der Waals surface area contributed by atoms with Crippen molar-refractivity contribution < 1.29 is 4.79 Å². The summed E-state index contributed by atoms with van der Waals surface area (Å²) in [5, 5.41) is 3.06. The Morgan fingerprint density at radius 3 is 2.25 bits per heavy atom. The molecular formula is C18H19NO. The summed E-state index contributed by atoms with van der Waals surface area (Å²) in [6, 6.07) is 19.3. The van der Waals surface area contributed by atoms with Crippen molar-refractivity contribution in [2.24, 2.45) is 5.92 Å². The summed E-state index contributed by atoms with van der Waals surface area (Å²) < 4.78 is 0. The zero-order chi connectivity index (χ0) is 13.9. The maximum atomic E-state index is 11.5. The highest BCUT2D eigenvalue weighted by atomic mass is 16.2. The molecule has 1 N–H and O–H groups in total. The van der Waals surface area contributed by atoms with E-state index in [1.54, 1.807) is 0 Å². The fourth-order valence-electron chi connectivity index (χ4n) is 2.82. The Bertz CT molecular complexity index is 589. The number of rotatable bonds is 3. The summed E-state index contributed by atoms with van der Waals surface area (Å²) in [5.41, 5.74) is 3.75. The molecule has 1 heterocycles. The van der Waals surface area contributed by atoms with Crippen LogP contribution >= 0.6 is 0 Å². The van der Waals surface area contributed by atoms with Gasteiger partial charge in [0.15, 0.2) is 0 Å². The van der Waals surface area contributed by atoms with Gasteiger partial charge in [0.1, 0.15) is 0 Å². The van der Waals surface area contributed by atoms with Crippen LogP contribution in [-0.4, -0.2) is 11.9 Å². The highest BCUT2D eigenvalue weighted by Gasteiger charge is 2.27. The van der Waals surface area contributed by atoms with Gasteiger partial charge in [-0.1, -0.05) is 61.5 Å². The topological polar surface area (TPSA) is 29.1 Å². The largest absolute Gasteiger partial charge is 0.353 e. The van der Waals surface area contributed by atoms with Crippen LogP contribution in [0.3, 0.4) is 0 Å². The van der Waals surface area contributed by atoms with Gasteiger partial charge in [-0.3, -0.25) is 4.79 Å². The molecule has 3 rings (SSSR count). The number of hydrogen-bond donors (Lipinski definition) is 1. The quantitative estimate of drug-likeness (QED) is 0.905. The molecule has 0 spiro atoms. The van der Waals surface area contributed by atoms with E-state index < -0.39 is 0 Å². The summed E-state index contributed by atoms with van der Waals surface area (Å²) in [7, 11) is 0. The number of carbonyl (C=O) groups is 1. The predicted molar refractivity (Wildman–Crippen MR) is 81.3 cm³/mol. The first kappa shape index (κ1) is 12.9. The van der Waals surface area contributed by atoms with Crippen LogP contribution in [0.2, 0.25) is 0 Å². The lowest BCUT2D eigenvalue weighted by Crippen LogP contribution is -2.27. The smallest absolute Gasteiger partial charge is 0.223 e. The highest BCUT2D eigenvalue weighted by molar-refractivity contribution is 5.80. The maximum Gasteiger partial charge on any atom is 0.223 e. The van der Waals surface area contributed by atoms with Gasteiger partial charge in [0.25, 0.3) is 0 Å². The molecule has 2 aromatic rings. The zero-order valence-corrected chi connectivity index (χ0v) is 11.7. The molecule has 2 nitrogen and oxygen atoms in total. The van der Waals surface area contributed by atoms with E-state index in [9.17, 15) is 4.79 Å². The fourth-order valence-corrected chi connectivity index (χ4v) is 2.82. The molecule has 0 radical (unpaired) electrons. The first-order valence-corrected chi connectivity index (χ1v) is 7.17. The number of benzene rings is 2. The van der Waals surface area contributed by atoms with Crippen LogP contribution in [0.1, 0.15) is 18.9 Å².